The van der Waals surface area contributed by atoms with Crippen LogP contribution in [0.4, 0.5) is 5.69 Å². The van der Waals surface area contributed by atoms with Crippen molar-refractivity contribution in [3.63, 3.8) is 0 Å². The number of hydrogen-bond donors (Lipinski definition) is 2. The molecule has 1 fully saturated rings. The summed E-state index contributed by atoms with van der Waals surface area (Å²) in [5.41, 5.74) is 0.568. The minimum atomic E-state index is -0.108. The molecule has 6 nitrogen and oxygen atoms in total. The van der Waals surface area contributed by atoms with E-state index in [1.165, 1.54) is 6.92 Å². The molecule has 2 rings (SSSR count). The van der Waals surface area contributed by atoms with Gasteiger partial charge in [-0.3, -0.25) is 14.5 Å². The molecule has 2 N–H and O–H groups in total. The van der Waals surface area contributed by atoms with Gasteiger partial charge in [-0.2, -0.15) is 0 Å². The molecule has 0 radical (unpaired) electrons. The van der Waals surface area contributed by atoms with Crippen LogP contribution in [0.5, 0.6) is 5.75 Å². The third kappa shape index (κ3) is 5.41. The number of rotatable bonds is 5. The Bertz CT molecular complexity index is 572. The topological polar surface area (TPSA) is 70.7 Å². The molecule has 1 heterocycles. The van der Waals surface area contributed by atoms with Gasteiger partial charge in [0.05, 0.1) is 19.3 Å². The quantitative estimate of drug-likeness (QED) is 0.859. The molecule has 0 bridgehead atoms. The summed E-state index contributed by atoms with van der Waals surface area (Å²) in [6.07, 6.45) is 1.71. The van der Waals surface area contributed by atoms with Crippen molar-refractivity contribution in [1.82, 2.24) is 10.2 Å². The number of carbonyl (C=O) groups is 2. The summed E-state index contributed by atoms with van der Waals surface area (Å²) in [7, 11) is 1.55. The van der Waals surface area contributed by atoms with Crippen LogP contribution in [0.1, 0.15) is 19.8 Å². The molecule has 1 saturated heterocycles. The molecule has 0 saturated carbocycles. The van der Waals surface area contributed by atoms with Gasteiger partial charge in [-0.25, -0.2) is 0 Å². The van der Waals surface area contributed by atoms with Gasteiger partial charge in [-0.05, 0) is 31.0 Å². The SMILES string of the molecule is COc1ccc(Cl)cc1NC(=O)CN1CCC(NC(C)=O)CC1. The number of halogens is 1. The van der Waals surface area contributed by atoms with Gasteiger partial charge in [0.1, 0.15) is 5.75 Å². The summed E-state index contributed by atoms with van der Waals surface area (Å²) in [5, 5.41) is 6.29. The number of benzene rings is 1. The number of piperidine rings is 1. The average molecular weight is 340 g/mol. The summed E-state index contributed by atoms with van der Waals surface area (Å²) in [5.74, 6) is 0.463. The van der Waals surface area contributed by atoms with Crippen LogP contribution in [0.15, 0.2) is 18.2 Å². The number of methoxy groups -OCH3 is 1. The molecular weight excluding hydrogens is 318 g/mol. The third-order valence-electron chi connectivity index (χ3n) is 3.80. The zero-order valence-corrected chi connectivity index (χ0v) is 14.2. The maximum absolute atomic E-state index is 12.2. The van der Waals surface area contributed by atoms with E-state index in [2.05, 4.69) is 15.5 Å². The number of carbonyl (C=O) groups excluding carboxylic acids is 2. The van der Waals surface area contributed by atoms with Gasteiger partial charge in [0, 0.05) is 31.1 Å². The number of likely N-dealkylation sites (tertiary alicyclic amines) is 1. The average Bonchev–Trinajstić information content (AvgIpc) is 2.49. The highest BCUT2D eigenvalue weighted by molar-refractivity contribution is 6.31. The van der Waals surface area contributed by atoms with E-state index in [0.29, 0.717) is 23.0 Å². The first-order chi connectivity index (χ1) is 11.0. The van der Waals surface area contributed by atoms with Gasteiger partial charge >= 0.3 is 0 Å². The summed E-state index contributed by atoms with van der Waals surface area (Å²) in [4.78, 5) is 25.3. The van der Waals surface area contributed by atoms with Crippen LogP contribution in [-0.4, -0.2) is 49.5 Å². The Morgan fingerprint density at radius 2 is 2.04 bits per heavy atom. The van der Waals surface area contributed by atoms with Crippen molar-refractivity contribution in [3.8, 4) is 5.75 Å². The van der Waals surface area contributed by atoms with Crippen LogP contribution in [0, 0.1) is 0 Å². The van der Waals surface area contributed by atoms with E-state index in [1.54, 1.807) is 25.3 Å². The summed E-state index contributed by atoms with van der Waals surface area (Å²) < 4.78 is 5.22. The second-order valence-electron chi connectivity index (χ2n) is 5.64. The van der Waals surface area contributed by atoms with Gasteiger partial charge in [0.15, 0.2) is 0 Å². The number of nitrogens with zero attached hydrogens (tertiary/aromatic N) is 1. The molecular formula is C16H22ClN3O3. The van der Waals surface area contributed by atoms with E-state index in [1.807, 2.05) is 0 Å². The largest absolute Gasteiger partial charge is 0.495 e. The van der Waals surface area contributed by atoms with Crippen LogP contribution < -0.4 is 15.4 Å². The van der Waals surface area contributed by atoms with Crippen LogP contribution in [0.3, 0.4) is 0 Å². The molecule has 1 aliphatic rings. The first-order valence-electron chi connectivity index (χ1n) is 7.61. The van der Waals surface area contributed by atoms with E-state index >= 15 is 0 Å². The van der Waals surface area contributed by atoms with Crippen LogP contribution >= 0.6 is 11.6 Å². The maximum Gasteiger partial charge on any atom is 0.238 e. The lowest BCUT2D eigenvalue weighted by molar-refractivity contribution is -0.121. The number of hydrogen-bond acceptors (Lipinski definition) is 4. The Kier molecular flexibility index (Phi) is 6.24. The molecule has 23 heavy (non-hydrogen) atoms. The van der Waals surface area contributed by atoms with Gasteiger partial charge < -0.3 is 15.4 Å². The lowest BCUT2D eigenvalue weighted by Gasteiger charge is -2.31. The van der Waals surface area contributed by atoms with Crippen molar-refractivity contribution in [2.75, 3.05) is 32.1 Å². The lowest BCUT2D eigenvalue weighted by Crippen LogP contribution is -2.46. The minimum Gasteiger partial charge on any atom is -0.495 e. The van der Waals surface area contributed by atoms with Crippen molar-refractivity contribution in [1.29, 1.82) is 0 Å². The predicted octanol–water partition coefficient (Wildman–Crippen LogP) is 1.89. The Labute approximate surface area is 141 Å². The summed E-state index contributed by atoms with van der Waals surface area (Å²) in [6, 6.07) is 5.31. The van der Waals surface area contributed by atoms with Crippen molar-refractivity contribution in [2.24, 2.45) is 0 Å². The van der Waals surface area contributed by atoms with Crippen molar-refractivity contribution in [2.45, 2.75) is 25.8 Å². The first-order valence-corrected chi connectivity index (χ1v) is 7.98. The highest BCUT2D eigenvalue weighted by Gasteiger charge is 2.21. The lowest BCUT2D eigenvalue weighted by atomic mass is 10.1. The monoisotopic (exact) mass is 339 g/mol. The fourth-order valence-corrected chi connectivity index (χ4v) is 2.87. The first kappa shape index (κ1) is 17.6. The highest BCUT2D eigenvalue weighted by Crippen LogP contribution is 2.27. The van der Waals surface area contributed by atoms with Crippen LogP contribution in [0.25, 0.3) is 0 Å². The molecule has 1 aliphatic heterocycles. The van der Waals surface area contributed by atoms with Crippen LogP contribution in [0.2, 0.25) is 5.02 Å². The molecule has 0 unspecified atom stereocenters. The molecule has 0 atom stereocenters. The van der Waals surface area contributed by atoms with Crippen LogP contribution in [-0.2, 0) is 9.59 Å². The predicted molar refractivity (Wildman–Crippen MR) is 89.9 cm³/mol. The van der Waals surface area contributed by atoms with Gasteiger partial charge in [-0.15, -0.1) is 0 Å². The van der Waals surface area contributed by atoms with E-state index in [4.69, 9.17) is 16.3 Å². The Hall–Kier alpha value is -1.79. The Morgan fingerprint density at radius 3 is 2.65 bits per heavy atom. The molecule has 1 aromatic carbocycles. The van der Waals surface area contributed by atoms with E-state index in [-0.39, 0.29) is 17.9 Å². The second kappa shape index (κ2) is 8.17. The standard InChI is InChI=1S/C16H22ClN3O3/c1-11(21)18-13-5-7-20(8-6-13)10-16(22)19-14-9-12(17)3-4-15(14)23-2/h3-4,9,13H,5-8,10H2,1-2H3,(H,18,21)(H,19,22). The molecule has 2 amide bonds. The van der Waals surface area contributed by atoms with Gasteiger partial charge in [0.2, 0.25) is 11.8 Å². The number of ether oxygens (including phenoxy) is 1. The number of anilines is 1. The molecule has 0 aliphatic carbocycles. The summed E-state index contributed by atoms with van der Waals surface area (Å²) >= 11 is 5.95. The number of amides is 2. The number of nitrogens with one attached hydrogen (secondary N) is 2. The maximum atomic E-state index is 12.2. The zero-order valence-electron chi connectivity index (χ0n) is 13.4. The normalized spacial score (nSPS) is 16.0. The third-order valence-corrected chi connectivity index (χ3v) is 4.03. The Morgan fingerprint density at radius 1 is 1.35 bits per heavy atom. The molecule has 126 valence electrons. The van der Waals surface area contributed by atoms with Crippen molar-refractivity contribution in [3.05, 3.63) is 23.2 Å². The van der Waals surface area contributed by atoms with Crippen molar-refractivity contribution < 1.29 is 14.3 Å². The zero-order chi connectivity index (χ0) is 16.8. The Balaban J connectivity index is 1.84. The van der Waals surface area contributed by atoms with Gasteiger partial charge in [-0.1, -0.05) is 11.6 Å². The van der Waals surface area contributed by atoms with E-state index in [0.717, 1.165) is 25.9 Å². The van der Waals surface area contributed by atoms with Crippen molar-refractivity contribution >= 4 is 29.1 Å². The summed E-state index contributed by atoms with van der Waals surface area (Å²) in [6.45, 7) is 3.40. The molecule has 0 spiro atoms. The van der Waals surface area contributed by atoms with Gasteiger partial charge in [0.25, 0.3) is 0 Å². The van der Waals surface area contributed by atoms with E-state index < -0.39 is 0 Å². The second-order valence-corrected chi connectivity index (χ2v) is 6.08. The fourth-order valence-electron chi connectivity index (χ4n) is 2.69. The minimum absolute atomic E-state index is 0.00533. The molecule has 7 heteroatoms. The van der Waals surface area contributed by atoms with E-state index in [9.17, 15) is 9.59 Å². The fraction of sp³-hybridized carbons (Fsp3) is 0.500. The highest BCUT2D eigenvalue weighted by atomic mass is 35.5. The molecule has 0 aromatic heterocycles. The smallest absolute Gasteiger partial charge is 0.238 e. The molecule has 1 aromatic rings.